The summed E-state index contributed by atoms with van der Waals surface area (Å²) in [6.07, 6.45) is 2.91. The molecule has 5 nitrogen and oxygen atoms in total. The number of hydrogen-bond acceptors (Lipinski definition) is 3. The van der Waals surface area contributed by atoms with Crippen molar-refractivity contribution in [1.82, 2.24) is 10.2 Å². The number of unbranched alkanes of at least 4 members (excludes halogenated alkanes) is 2. The van der Waals surface area contributed by atoms with E-state index >= 15 is 0 Å². The smallest absolute Gasteiger partial charge is 0.338 e. The number of halogens is 1. The van der Waals surface area contributed by atoms with Crippen LogP contribution in [-0.2, 0) is 9.53 Å². The van der Waals surface area contributed by atoms with Crippen molar-refractivity contribution in [3.8, 4) is 0 Å². The van der Waals surface area contributed by atoms with Crippen LogP contribution < -0.4 is 5.32 Å². The third kappa shape index (κ3) is 4.09. The molecule has 1 N–H and O–H groups in total. The number of carbonyl (C=O) groups is 2. The first-order chi connectivity index (χ1) is 11.5. The summed E-state index contributed by atoms with van der Waals surface area (Å²) in [5.41, 5.74) is 1.84. The topological polar surface area (TPSA) is 58.6 Å². The summed E-state index contributed by atoms with van der Waals surface area (Å²) >= 11 is 5.93. The Labute approximate surface area is 147 Å². The lowest BCUT2D eigenvalue weighted by Crippen LogP contribution is -2.46. The van der Waals surface area contributed by atoms with E-state index in [1.165, 1.54) is 4.90 Å². The molecule has 1 unspecified atom stereocenters. The second kappa shape index (κ2) is 8.20. The van der Waals surface area contributed by atoms with Gasteiger partial charge in [-0.3, -0.25) is 0 Å². The van der Waals surface area contributed by atoms with Crippen LogP contribution in [0, 0.1) is 0 Å². The first-order valence-electron chi connectivity index (χ1n) is 8.13. The van der Waals surface area contributed by atoms with Crippen LogP contribution in [0.25, 0.3) is 0 Å². The van der Waals surface area contributed by atoms with Gasteiger partial charge in [0.1, 0.15) is 0 Å². The van der Waals surface area contributed by atoms with E-state index in [9.17, 15) is 9.59 Å². The maximum absolute atomic E-state index is 12.6. The fraction of sp³-hybridized carbons (Fsp3) is 0.444. The fourth-order valence-electron chi connectivity index (χ4n) is 2.60. The number of amides is 2. The summed E-state index contributed by atoms with van der Waals surface area (Å²) < 4.78 is 5.41. The Morgan fingerprint density at radius 2 is 1.96 bits per heavy atom. The molecular formula is C18H23ClN2O3. The van der Waals surface area contributed by atoms with Gasteiger partial charge in [0.25, 0.3) is 0 Å². The van der Waals surface area contributed by atoms with E-state index < -0.39 is 12.0 Å². The lowest BCUT2D eigenvalue weighted by Gasteiger charge is -2.33. The van der Waals surface area contributed by atoms with E-state index in [2.05, 4.69) is 12.2 Å². The molecule has 1 aliphatic rings. The van der Waals surface area contributed by atoms with Crippen LogP contribution in [-0.4, -0.2) is 30.6 Å². The van der Waals surface area contributed by atoms with Crippen LogP contribution in [0.15, 0.2) is 35.5 Å². The molecule has 0 aliphatic carbocycles. The number of nitrogens with zero attached hydrogens (tertiary/aromatic N) is 1. The van der Waals surface area contributed by atoms with Crippen LogP contribution >= 0.6 is 11.6 Å². The molecule has 0 radical (unpaired) electrons. The summed E-state index contributed by atoms with van der Waals surface area (Å²) in [7, 11) is 1.63. The summed E-state index contributed by atoms with van der Waals surface area (Å²) in [4.78, 5) is 26.1. The molecule has 1 heterocycles. The van der Waals surface area contributed by atoms with Crippen LogP contribution in [0.1, 0.15) is 44.7 Å². The third-order valence-electron chi connectivity index (χ3n) is 4.16. The molecule has 2 rings (SSSR count). The largest absolute Gasteiger partial charge is 0.462 e. The molecular weight excluding hydrogens is 328 g/mol. The Kier molecular flexibility index (Phi) is 6.26. The molecule has 2 amide bonds. The molecule has 0 aromatic heterocycles. The maximum Gasteiger partial charge on any atom is 0.338 e. The van der Waals surface area contributed by atoms with Crippen LogP contribution in [0.3, 0.4) is 0 Å². The quantitative estimate of drug-likeness (QED) is 0.622. The second-order valence-electron chi connectivity index (χ2n) is 5.84. The highest BCUT2D eigenvalue weighted by molar-refractivity contribution is 6.30. The molecule has 1 aliphatic heterocycles. The third-order valence-corrected chi connectivity index (χ3v) is 4.41. The van der Waals surface area contributed by atoms with Crippen molar-refractivity contribution >= 4 is 23.6 Å². The van der Waals surface area contributed by atoms with Crippen LogP contribution in [0.2, 0.25) is 5.02 Å². The summed E-state index contributed by atoms with van der Waals surface area (Å²) in [6, 6.07) is 6.29. The maximum atomic E-state index is 12.6. The van der Waals surface area contributed by atoms with Crippen molar-refractivity contribution in [3.05, 3.63) is 46.1 Å². The average molecular weight is 351 g/mol. The summed E-state index contributed by atoms with van der Waals surface area (Å²) in [6.45, 7) is 4.23. The predicted octanol–water partition coefficient (Wildman–Crippen LogP) is 4.04. The number of allylic oxidation sites excluding steroid dienone is 1. The van der Waals surface area contributed by atoms with Gasteiger partial charge in [0.2, 0.25) is 0 Å². The first-order valence-corrected chi connectivity index (χ1v) is 8.51. The molecule has 0 fully saturated rings. The van der Waals surface area contributed by atoms with E-state index in [0.717, 1.165) is 24.8 Å². The van der Waals surface area contributed by atoms with Gasteiger partial charge in [0, 0.05) is 17.8 Å². The van der Waals surface area contributed by atoms with E-state index in [1.807, 2.05) is 0 Å². The van der Waals surface area contributed by atoms with Crippen molar-refractivity contribution in [2.24, 2.45) is 0 Å². The molecule has 24 heavy (non-hydrogen) atoms. The number of ether oxygens (including phenoxy) is 1. The zero-order valence-electron chi connectivity index (χ0n) is 14.3. The molecule has 0 saturated carbocycles. The highest BCUT2D eigenvalue weighted by atomic mass is 35.5. The lowest BCUT2D eigenvalue weighted by atomic mass is 9.95. The van der Waals surface area contributed by atoms with Crippen molar-refractivity contribution in [3.63, 3.8) is 0 Å². The monoisotopic (exact) mass is 350 g/mol. The standard InChI is InChI=1S/C18H23ClN2O3/c1-4-5-6-11-24-17(22)15-12(2)21(3)18(23)20-16(15)13-7-9-14(19)10-8-13/h7-10,16H,4-6,11H2,1-3H3,(H,20,23). The Bertz CT molecular complexity index is 640. The van der Waals surface area contributed by atoms with Crippen molar-refractivity contribution in [1.29, 1.82) is 0 Å². The summed E-state index contributed by atoms with van der Waals surface area (Å²) in [5, 5.41) is 3.45. The SMILES string of the molecule is CCCCCOC(=O)C1=C(C)N(C)C(=O)NC1c1ccc(Cl)cc1. The second-order valence-corrected chi connectivity index (χ2v) is 6.27. The fourth-order valence-corrected chi connectivity index (χ4v) is 2.73. The van der Waals surface area contributed by atoms with Gasteiger partial charge < -0.3 is 15.0 Å². The molecule has 0 saturated heterocycles. The number of nitrogens with one attached hydrogen (secondary N) is 1. The van der Waals surface area contributed by atoms with E-state index in [0.29, 0.717) is 22.9 Å². The van der Waals surface area contributed by atoms with Gasteiger partial charge >= 0.3 is 12.0 Å². The molecule has 6 heteroatoms. The Balaban J connectivity index is 2.28. The van der Waals surface area contributed by atoms with Gasteiger partial charge in [-0.25, -0.2) is 9.59 Å². The Morgan fingerprint density at radius 3 is 2.58 bits per heavy atom. The van der Waals surface area contributed by atoms with Gasteiger partial charge in [-0.05, 0) is 31.0 Å². The number of carbonyl (C=O) groups excluding carboxylic acids is 2. The number of urea groups is 1. The minimum Gasteiger partial charge on any atom is -0.462 e. The highest BCUT2D eigenvalue weighted by Gasteiger charge is 2.34. The van der Waals surface area contributed by atoms with Crippen molar-refractivity contribution < 1.29 is 14.3 Å². The number of esters is 1. The van der Waals surface area contributed by atoms with E-state index in [1.54, 1.807) is 38.2 Å². The molecule has 1 atom stereocenters. The average Bonchev–Trinajstić information content (AvgIpc) is 2.57. The molecule has 130 valence electrons. The number of benzene rings is 1. The molecule has 0 bridgehead atoms. The molecule has 0 spiro atoms. The highest BCUT2D eigenvalue weighted by Crippen LogP contribution is 2.31. The van der Waals surface area contributed by atoms with Gasteiger partial charge in [0.05, 0.1) is 18.2 Å². The van der Waals surface area contributed by atoms with Gasteiger partial charge in [-0.1, -0.05) is 43.5 Å². The lowest BCUT2D eigenvalue weighted by molar-refractivity contribution is -0.139. The van der Waals surface area contributed by atoms with Gasteiger partial charge in [0.15, 0.2) is 0 Å². The number of rotatable bonds is 6. The van der Waals surface area contributed by atoms with Gasteiger partial charge in [-0.15, -0.1) is 0 Å². The van der Waals surface area contributed by atoms with Crippen LogP contribution in [0.4, 0.5) is 4.79 Å². The zero-order chi connectivity index (χ0) is 17.7. The van der Waals surface area contributed by atoms with Crippen LogP contribution in [0.5, 0.6) is 0 Å². The van der Waals surface area contributed by atoms with Crippen molar-refractivity contribution in [2.75, 3.05) is 13.7 Å². The van der Waals surface area contributed by atoms with E-state index in [-0.39, 0.29) is 6.03 Å². The minimum absolute atomic E-state index is 0.255. The molecule has 1 aromatic rings. The molecule has 1 aromatic carbocycles. The summed E-state index contributed by atoms with van der Waals surface area (Å²) in [5.74, 6) is -0.393. The zero-order valence-corrected chi connectivity index (χ0v) is 15.0. The van der Waals surface area contributed by atoms with Crippen molar-refractivity contribution in [2.45, 2.75) is 39.2 Å². The Hall–Kier alpha value is -2.01. The van der Waals surface area contributed by atoms with Gasteiger partial charge in [-0.2, -0.15) is 0 Å². The van der Waals surface area contributed by atoms with E-state index in [4.69, 9.17) is 16.3 Å². The minimum atomic E-state index is -0.537. The predicted molar refractivity (Wildman–Crippen MR) is 93.7 cm³/mol. The Morgan fingerprint density at radius 1 is 1.29 bits per heavy atom. The number of hydrogen-bond donors (Lipinski definition) is 1. The normalized spacial score (nSPS) is 17.8. The first kappa shape index (κ1) is 18.3.